The van der Waals surface area contributed by atoms with Crippen LogP contribution in [0.4, 0.5) is 0 Å². The molecule has 7 nitrogen and oxygen atoms in total. The van der Waals surface area contributed by atoms with E-state index >= 15 is 0 Å². The normalized spacial score (nSPS) is 27.3. The Kier molecular flexibility index (Phi) is 6.04. The van der Waals surface area contributed by atoms with Gasteiger partial charge in [0.05, 0.1) is 17.2 Å². The Labute approximate surface area is 261 Å². The van der Waals surface area contributed by atoms with E-state index in [0.29, 0.717) is 39.8 Å². The maximum Gasteiger partial charge on any atom is 0.212 e. The van der Waals surface area contributed by atoms with Crippen LogP contribution in [-0.4, -0.2) is 10.8 Å². The van der Waals surface area contributed by atoms with E-state index < -0.39 is 5.72 Å². The van der Waals surface area contributed by atoms with Crippen LogP contribution in [0.2, 0.25) is 0 Å². The highest BCUT2D eigenvalue weighted by molar-refractivity contribution is 7.80. The minimum absolute atomic E-state index is 0.0130. The van der Waals surface area contributed by atoms with Crippen molar-refractivity contribution in [2.24, 2.45) is 17.8 Å². The molecule has 0 aromatic heterocycles. The van der Waals surface area contributed by atoms with E-state index in [2.05, 4.69) is 84.3 Å². The van der Waals surface area contributed by atoms with E-state index in [9.17, 15) is 10.5 Å². The summed E-state index contributed by atoms with van der Waals surface area (Å²) >= 11 is 5.91. The number of benzene rings is 4. The predicted molar refractivity (Wildman–Crippen MR) is 168 cm³/mol. The summed E-state index contributed by atoms with van der Waals surface area (Å²) in [7, 11) is 0. The highest BCUT2D eigenvalue weighted by Gasteiger charge is 2.62. The molecule has 1 spiro atoms. The molecule has 4 aromatic rings. The molecule has 6 atom stereocenters. The third-order valence-electron chi connectivity index (χ3n) is 9.60. The minimum Gasteiger partial charge on any atom is -0.463 e. The Morgan fingerprint density at radius 2 is 1.41 bits per heavy atom. The summed E-state index contributed by atoms with van der Waals surface area (Å²) in [6.07, 6.45) is 1.89. The van der Waals surface area contributed by atoms with Crippen molar-refractivity contribution in [3.8, 4) is 40.9 Å². The molecule has 8 rings (SSSR count). The van der Waals surface area contributed by atoms with Crippen LogP contribution in [0.5, 0.6) is 28.7 Å². The number of fused-ring (bicyclic) bond motifs is 4. The first-order valence-corrected chi connectivity index (χ1v) is 15.3. The molecular weight excluding hydrogens is 568 g/mol. The summed E-state index contributed by atoms with van der Waals surface area (Å²) < 4.78 is 20.1. The number of nitriles is 2. The lowest BCUT2D eigenvalue weighted by Gasteiger charge is -2.60. The SMILES string of the molecule is C[C@H]1C[C@@H]2[C@@H](c3ccccc3)c3ccc4c(c3O[C@]23NC(=S)N[C@@H](c2ccccc2)[C@H]3C1)Oc1cc(C#N)c(C#N)cc1O4. The molecule has 216 valence electrons. The van der Waals surface area contributed by atoms with E-state index in [1.807, 2.05) is 18.2 Å². The largest absolute Gasteiger partial charge is 0.463 e. The summed E-state index contributed by atoms with van der Waals surface area (Å²) in [6.45, 7) is 2.33. The number of hydrogen-bond acceptors (Lipinski definition) is 6. The second-order valence-electron chi connectivity index (χ2n) is 12.1. The number of rotatable bonds is 2. The summed E-state index contributed by atoms with van der Waals surface area (Å²) in [4.78, 5) is 0. The molecule has 3 heterocycles. The molecule has 0 radical (unpaired) electrons. The Morgan fingerprint density at radius 1 is 0.773 bits per heavy atom. The van der Waals surface area contributed by atoms with Crippen molar-refractivity contribution < 1.29 is 14.2 Å². The van der Waals surface area contributed by atoms with Crippen molar-refractivity contribution in [3.05, 3.63) is 113 Å². The monoisotopic (exact) mass is 596 g/mol. The Hall–Kier alpha value is -5.05. The van der Waals surface area contributed by atoms with Gasteiger partial charge in [0, 0.05) is 35.4 Å². The second kappa shape index (κ2) is 10.0. The van der Waals surface area contributed by atoms with Crippen molar-refractivity contribution in [2.75, 3.05) is 0 Å². The molecule has 4 aliphatic rings. The van der Waals surface area contributed by atoms with Gasteiger partial charge in [-0.1, -0.05) is 73.7 Å². The number of nitrogens with one attached hydrogen (secondary N) is 2. The molecule has 1 aliphatic carbocycles. The molecule has 0 bridgehead atoms. The van der Waals surface area contributed by atoms with Gasteiger partial charge in [0.2, 0.25) is 5.75 Å². The molecular formula is C36H28N4O3S. The van der Waals surface area contributed by atoms with Crippen LogP contribution < -0.4 is 24.8 Å². The van der Waals surface area contributed by atoms with Gasteiger partial charge in [-0.15, -0.1) is 0 Å². The lowest BCUT2D eigenvalue weighted by molar-refractivity contribution is -0.133. The molecule has 2 N–H and O–H groups in total. The number of nitrogens with zero attached hydrogens (tertiary/aromatic N) is 2. The number of hydrogen-bond donors (Lipinski definition) is 2. The van der Waals surface area contributed by atoms with Crippen molar-refractivity contribution in [3.63, 3.8) is 0 Å². The Morgan fingerprint density at radius 3 is 2.09 bits per heavy atom. The van der Waals surface area contributed by atoms with Gasteiger partial charge in [0.1, 0.15) is 12.1 Å². The first kappa shape index (κ1) is 26.6. The molecule has 8 heteroatoms. The first-order valence-electron chi connectivity index (χ1n) is 14.9. The Bertz CT molecular complexity index is 1900. The number of ether oxygens (including phenoxy) is 3. The fraction of sp³-hybridized carbons (Fsp3) is 0.250. The molecule has 3 aliphatic heterocycles. The topological polar surface area (TPSA) is 99.3 Å². The van der Waals surface area contributed by atoms with Crippen LogP contribution in [0.3, 0.4) is 0 Å². The molecule has 44 heavy (non-hydrogen) atoms. The van der Waals surface area contributed by atoms with Crippen LogP contribution in [-0.2, 0) is 0 Å². The average Bonchev–Trinajstić information content (AvgIpc) is 3.05. The van der Waals surface area contributed by atoms with E-state index in [4.69, 9.17) is 26.4 Å². The zero-order valence-corrected chi connectivity index (χ0v) is 24.7. The number of thiocarbonyl (C=S) groups is 1. The van der Waals surface area contributed by atoms with Crippen molar-refractivity contribution in [1.29, 1.82) is 10.5 Å². The van der Waals surface area contributed by atoms with Gasteiger partial charge in [0.25, 0.3) is 0 Å². The van der Waals surface area contributed by atoms with Crippen LogP contribution in [0.25, 0.3) is 0 Å². The zero-order chi connectivity index (χ0) is 30.0. The lowest BCUT2D eigenvalue weighted by atomic mass is 9.58. The van der Waals surface area contributed by atoms with Gasteiger partial charge in [-0.25, -0.2) is 0 Å². The van der Waals surface area contributed by atoms with Crippen molar-refractivity contribution in [1.82, 2.24) is 10.6 Å². The van der Waals surface area contributed by atoms with Crippen molar-refractivity contribution >= 4 is 17.3 Å². The summed E-state index contributed by atoms with van der Waals surface area (Å²) in [5.41, 5.74) is 3.00. The van der Waals surface area contributed by atoms with E-state index in [1.165, 1.54) is 11.1 Å². The second-order valence-corrected chi connectivity index (χ2v) is 12.6. The van der Waals surface area contributed by atoms with Gasteiger partial charge >= 0.3 is 0 Å². The summed E-state index contributed by atoms with van der Waals surface area (Å²) in [5.74, 6) is 2.85. The van der Waals surface area contributed by atoms with Crippen molar-refractivity contribution in [2.45, 2.75) is 37.5 Å². The predicted octanol–water partition coefficient (Wildman–Crippen LogP) is 7.43. The fourth-order valence-corrected chi connectivity index (χ4v) is 8.11. The molecule has 2 fully saturated rings. The van der Waals surface area contributed by atoms with Gasteiger partial charge < -0.3 is 24.8 Å². The molecule has 1 saturated heterocycles. The summed E-state index contributed by atoms with van der Waals surface area (Å²) in [5, 5.41) is 27.1. The third kappa shape index (κ3) is 3.95. The van der Waals surface area contributed by atoms with Gasteiger partial charge in [0.15, 0.2) is 33.8 Å². The van der Waals surface area contributed by atoms with Gasteiger partial charge in [-0.3, -0.25) is 0 Å². The van der Waals surface area contributed by atoms with Crippen LogP contribution in [0.15, 0.2) is 84.9 Å². The van der Waals surface area contributed by atoms with Gasteiger partial charge in [-0.2, -0.15) is 10.5 Å². The Balaban J connectivity index is 1.33. The smallest absolute Gasteiger partial charge is 0.212 e. The van der Waals surface area contributed by atoms with Crippen LogP contribution in [0, 0.1) is 40.4 Å². The zero-order valence-electron chi connectivity index (χ0n) is 23.9. The summed E-state index contributed by atoms with van der Waals surface area (Å²) in [6, 6.07) is 32.2. The van der Waals surface area contributed by atoms with E-state index in [1.54, 1.807) is 12.1 Å². The highest BCUT2D eigenvalue weighted by Crippen LogP contribution is 2.63. The van der Waals surface area contributed by atoms with E-state index in [-0.39, 0.29) is 34.9 Å². The standard InChI is InChI=1S/C36H28N4O3S/c1-20-14-26-31(21-8-4-2-5-9-21)25-12-13-28-34(42-30-17-24(19-38)23(18-37)16-29(30)41-28)33(25)43-36(26)27(15-20)32(39-35(44)40-36)22-10-6-3-7-11-22/h2-13,16-17,20,26-27,31-32H,14-15H2,1H3,(H2,39,40,44)/t20-,26+,27+,31-,32-,36+/m0/s1. The molecule has 0 amide bonds. The fourth-order valence-electron chi connectivity index (χ4n) is 7.83. The van der Waals surface area contributed by atoms with Crippen LogP contribution in [0.1, 0.15) is 59.5 Å². The van der Waals surface area contributed by atoms with Crippen LogP contribution >= 0.6 is 12.2 Å². The van der Waals surface area contributed by atoms with E-state index in [0.717, 1.165) is 18.4 Å². The maximum atomic E-state index is 9.67. The minimum atomic E-state index is -0.829. The average molecular weight is 597 g/mol. The molecule has 4 aromatic carbocycles. The molecule has 1 saturated carbocycles. The third-order valence-corrected chi connectivity index (χ3v) is 9.82. The highest BCUT2D eigenvalue weighted by atomic mass is 32.1. The quantitative estimate of drug-likeness (QED) is 0.203. The van der Waals surface area contributed by atoms with Gasteiger partial charge in [-0.05, 0) is 48.2 Å². The first-order chi connectivity index (χ1) is 21.5. The lowest BCUT2D eigenvalue weighted by Crippen LogP contribution is -2.74. The molecule has 0 unspecified atom stereocenters. The maximum absolute atomic E-state index is 9.67.